The second kappa shape index (κ2) is 7.43. The zero-order valence-corrected chi connectivity index (χ0v) is 13.9. The van der Waals surface area contributed by atoms with Gasteiger partial charge in [-0.15, -0.1) is 0 Å². The van der Waals surface area contributed by atoms with E-state index in [-0.39, 0.29) is 22.7 Å². The highest BCUT2D eigenvalue weighted by Gasteiger charge is 2.37. The summed E-state index contributed by atoms with van der Waals surface area (Å²) in [6.07, 6.45) is -7.81. The van der Waals surface area contributed by atoms with Gasteiger partial charge in [0.25, 0.3) is 0 Å². The molecule has 0 bridgehead atoms. The average molecular weight is 408 g/mol. The molecule has 0 unspecified atom stereocenters. The second-order valence-corrected chi connectivity index (χ2v) is 5.62. The summed E-state index contributed by atoms with van der Waals surface area (Å²) in [5, 5.41) is 1.82. The van der Waals surface area contributed by atoms with Crippen molar-refractivity contribution in [2.24, 2.45) is 5.73 Å². The lowest BCUT2D eigenvalue weighted by atomic mass is 10.0. The SMILES string of the molecule is NC(=S)NC(=O)/C=C/c1ccc(-c2cc(C(F)(F)F)cc(C(F)(F)F)c2)o1. The molecule has 1 heterocycles. The Morgan fingerprint density at radius 3 is 2.07 bits per heavy atom. The van der Waals surface area contributed by atoms with Crippen LogP contribution < -0.4 is 11.1 Å². The van der Waals surface area contributed by atoms with E-state index >= 15 is 0 Å². The Morgan fingerprint density at radius 1 is 1.04 bits per heavy atom. The number of thiocarbonyl (C=S) groups is 1. The zero-order chi connectivity index (χ0) is 20.4. The molecule has 0 saturated heterocycles. The normalized spacial score (nSPS) is 12.4. The van der Waals surface area contributed by atoms with Crippen molar-refractivity contribution in [2.75, 3.05) is 0 Å². The average Bonchev–Trinajstić information content (AvgIpc) is 2.99. The molecule has 4 nitrogen and oxygen atoms in total. The molecule has 0 aliphatic carbocycles. The first-order chi connectivity index (χ1) is 12.4. The molecule has 1 aromatic heterocycles. The molecule has 2 rings (SSSR count). The van der Waals surface area contributed by atoms with E-state index in [0.29, 0.717) is 12.1 Å². The number of hydrogen-bond acceptors (Lipinski definition) is 3. The highest BCUT2D eigenvalue weighted by molar-refractivity contribution is 7.80. The summed E-state index contributed by atoms with van der Waals surface area (Å²) in [5.41, 5.74) is 1.76. The minimum atomic E-state index is -4.97. The molecule has 1 amide bonds. The number of carbonyl (C=O) groups excluding carboxylic acids is 1. The lowest BCUT2D eigenvalue weighted by Crippen LogP contribution is -2.33. The minimum Gasteiger partial charge on any atom is -0.457 e. The third-order valence-corrected chi connectivity index (χ3v) is 3.25. The summed E-state index contributed by atoms with van der Waals surface area (Å²) in [6.45, 7) is 0. The molecule has 27 heavy (non-hydrogen) atoms. The zero-order valence-electron chi connectivity index (χ0n) is 13.1. The van der Waals surface area contributed by atoms with E-state index < -0.39 is 35.0 Å². The van der Waals surface area contributed by atoms with Crippen molar-refractivity contribution in [2.45, 2.75) is 12.4 Å². The number of carbonyl (C=O) groups is 1. The molecule has 11 heteroatoms. The fourth-order valence-corrected chi connectivity index (χ4v) is 2.12. The van der Waals surface area contributed by atoms with Gasteiger partial charge in [-0.25, -0.2) is 0 Å². The van der Waals surface area contributed by atoms with E-state index in [0.717, 1.165) is 12.2 Å². The largest absolute Gasteiger partial charge is 0.457 e. The number of benzene rings is 1. The van der Waals surface area contributed by atoms with Crippen LogP contribution in [0.2, 0.25) is 0 Å². The third kappa shape index (κ3) is 5.58. The maximum Gasteiger partial charge on any atom is 0.416 e. The smallest absolute Gasteiger partial charge is 0.416 e. The summed E-state index contributed by atoms with van der Waals surface area (Å²) >= 11 is 4.46. The van der Waals surface area contributed by atoms with Crippen LogP contribution in [0.3, 0.4) is 0 Å². The maximum atomic E-state index is 12.9. The van der Waals surface area contributed by atoms with Gasteiger partial charge < -0.3 is 10.2 Å². The Morgan fingerprint density at radius 2 is 1.59 bits per heavy atom. The summed E-state index contributed by atoms with van der Waals surface area (Å²) < 4.78 is 82.6. The number of amides is 1. The van der Waals surface area contributed by atoms with Gasteiger partial charge in [0, 0.05) is 11.6 Å². The first-order valence-corrected chi connectivity index (χ1v) is 7.45. The first kappa shape index (κ1) is 20.5. The maximum absolute atomic E-state index is 12.9. The number of nitrogens with one attached hydrogen (secondary N) is 1. The predicted molar refractivity (Wildman–Crippen MR) is 88.1 cm³/mol. The second-order valence-electron chi connectivity index (χ2n) is 5.18. The predicted octanol–water partition coefficient (Wildman–Crippen LogP) is 4.36. The fourth-order valence-electron chi connectivity index (χ4n) is 2.02. The third-order valence-electron chi connectivity index (χ3n) is 3.14. The van der Waals surface area contributed by atoms with Crippen LogP contribution in [0.5, 0.6) is 0 Å². The van der Waals surface area contributed by atoms with Crippen molar-refractivity contribution in [3.05, 3.63) is 53.3 Å². The van der Waals surface area contributed by atoms with Gasteiger partial charge in [-0.2, -0.15) is 26.3 Å². The van der Waals surface area contributed by atoms with E-state index in [4.69, 9.17) is 10.2 Å². The van der Waals surface area contributed by atoms with Gasteiger partial charge in [0.2, 0.25) is 5.91 Å². The molecular formula is C16H10F6N2O2S. The Balaban J connectivity index is 2.38. The van der Waals surface area contributed by atoms with Gasteiger partial charge in [-0.05, 0) is 48.6 Å². The van der Waals surface area contributed by atoms with Crippen LogP contribution in [0.4, 0.5) is 26.3 Å². The van der Waals surface area contributed by atoms with E-state index in [9.17, 15) is 31.1 Å². The lowest BCUT2D eigenvalue weighted by molar-refractivity contribution is -0.143. The minimum absolute atomic E-state index is 0.0211. The van der Waals surface area contributed by atoms with Gasteiger partial charge in [-0.1, -0.05) is 0 Å². The summed E-state index contributed by atoms with van der Waals surface area (Å²) in [4.78, 5) is 11.4. The van der Waals surface area contributed by atoms with Crippen LogP contribution in [-0.2, 0) is 17.1 Å². The Bertz CT molecular complexity index is 867. The van der Waals surface area contributed by atoms with Gasteiger partial charge in [-0.3, -0.25) is 10.1 Å². The van der Waals surface area contributed by atoms with Crippen LogP contribution in [0, 0.1) is 0 Å². The number of halogens is 6. The van der Waals surface area contributed by atoms with Crippen molar-refractivity contribution >= 4 is 29.3 Å². The van der Waals surface area contributed by atoms with E-state index in [1.165, 1.54) is 12.1 Å². The van der Waals surface area contributed by atoms with Crippen molar-refractivity contribution < 1.29 is 35.6 Å². The highest BCUT2D eigenvalue weighted by atomic mass is 32.1. The molecule has 0 aliphatic rings. The Kier molecular flexibility index (Phi) is 5.64. The molecule has 3 N–H and O–H groups in total. The molecule has 1 aromatic carbocycles. The fraction of sp³-hybridized carbons (Fsp3) is 0.125. The van der Waals surface area contributed by atoms with Crippen molar-refractivity contribution in [3.63, 3.8) is 0 Å². The van der Waals surface area contributed by atoms with Crippen LogP contribution in [-0.4, -0.2) is 11.0 Å². The van der Waals surface area contributed by atoms with E-state index in [1.807, 2.05) is 0 Å². The molecule has 0 saturated carbocycles. The van der Waals surface area contributed by atoms with Crippen LogP contribution >= 0.6 is 12.2 Å². The molecule has 0 radical (unpaired) electrons. The Hall–Kier alpha value is -2.82. The van der Waals surface area contributed by atoms with E-state index in [2.05, 4.69) is 17.5 Å². The summed E-state index contributed by atoms with van der Waals surface area (Å²) in [7, 11) is 0. The van der Waals surface area contributed by atoms with Gasteiger partial charge in [0.1, 0.15) is 11.5 Å². The summed E-state index contributed by atoms with van der Waals surface area (Å²) in [6, 6.07) is 3.56. The molecule has 0 atom stereocenters. The number of nitrogens with two attached hydrogens (primary N) is 1. The standard InChI is InChI=1S/C16H10F6N2O2S/c17-15(18,19)9-5-8(6-10(7-9)16(20,21)22)12-3-1-11(26-12)2-4-13(25)24-14(23)27/h1-7H,(H3,23,24,25,27)/b4-2+. The van der Waals surface area contributed by atoms with Crippen LogP contribution in [0.15, 0.2) is 40.8 Å². The highest BCUT2D eigenvalue weighted by Crippen LogP contribution is 2.38. The monoisotopic (exact) mass is 408 g/mol. The summed E-state index contributed by atoms with van der Waals surface area (Å²) in [5.74, 6) is -0.894. The first-order valence-electron chi connectivity index (χ1n) is 7.04. The van der Waals surface area contributed by atoms with Crippen LogP contribution in [0.25, 0.3) is 17.4 Å². The van der Waals surface area contributed by atoms with Crippen LogP contribution in [0.1, 0.15) is 16.9 Å². The van der Waals surface area contributed by atoms with Crippen molar-refractivity contribution in [1.29, 1.82) is 0 Å². The quantitative estimate of drug-likeness (QED) is 0.450. The van der Waals surface area contributed by atoms with E-state index in [1.54, 1.807) is 0 Å². The van der Waals surface area contributed by atoms with Gasteiger partial charge in [0.15, 0.2) is 5.11 Å². The number of alkyl halides is 6. The number of hydrogen-bond donors (Lipinski definition) is 2. The molecule has 0 aliphatic heterocycles. The van der Waals surface area contributed by atoms with Crippen molar-refractivity contribution in [1.82, 2.24) is 5.32 Å². The number of rotatable bonds is 3. The lowest BCUT2D eigenvalue weighted by Gasteiger charge is -2.13. The molecular weight excluding hydrogens is 398 g/mol. The van der Waals surface area contributed by atoms with Gasteiger partial charge >= 0.3 is 12.4 Å². The molecule has 144 valence electrons. The molecule has 0 fully saturated rings. The molecule has 2 aromatic rings. The van der Waals surface area contributed by atoms with Crippen molar-refractivity contribution in [3.8, 4) is 11.3 Å². The molecule has 0 spiro atoms. The van der Waals surface area contributed by atoms with Gasteiger partial charge in [0.05, 0.1) is 11.1 Å². The number of furan rings is 1. The Labute approximate surface area is 153 Å². The topological polar surface area (TPSA) is 68.3 Å².